The highest BCUT2D eigenvalue weighted by atomic mass is 14.9. The molecule has 0 saturated heterocycles. The molecule has 0 aliphatic heterocycles. The zero-order valence-corrected chi connectivity index (χ0v) is 10.9. The van der Waals surface area contributed by atoms with E-state index < -0.39 is 0 Å². The number of benzene rings is 1. The fourth-order valence-electron chi connectivity index (χ4n) is 1.79. The molecule has 0 radical (unpaired) electrons. The average molecular weight is 220 g/mol. The van der Waals surface area contributed by atoms with Crippen molar-refractivity contribution in [1.82, 2.24) is 5.32 Å². The van der Waals surface area contributed by atoms with Crippen LogP contribution < -0.4 is 11.1 Å². The topological polar surface area (TPSA) is 38.0 Å². The summed E-state index contributed by atoms with van der Waals surface area (Å²) in [6.45, 7) is 6.27. The number of rotatable bonds is 5. The molecule has 1 rings (SSSR count). The molecule has 2 nitrogen and oxygen atoms in total. The summed E-state index contributed by atoms with van der Waals surface area (Å²) < 4.78 is 0. The zero-order chi connectivity index (χ0) is 12.2. The van der Waals surface area contributed by atoms with E-state index in [2.05, 4.69) is 50.4 Å². The highest BCUT2D eigenvalue weighted by Crippen LogP contribution is 2.21. The Morgan fingerprint density at radius 3 is 2.25 bits per heavy atom. The molecule has 0 fully saturated rings. The van der Waals surface area contributed by atoms with Crippen molar-refractivity contribution in [1.29, 1.82) is 0 Å². The minimum atomic E-state index is -0.0835. The number of nitrogens with two attached hydrogens (primary N) is 1. The lowest BCUT2D eigenvalue weighted by molar-refractivity contribution is 0.411. The van der Waals surface area contributed by atoms with Crippen LogP contribution in [0.2, 0.25) is 0 Å². The van der Waals surface area contributed by atoms with Crippen molar-refractivity contribution in [3.05, 3.63) is 35.4 Å². The van der Waals surface area contributed by atoms with Crippen LogP contribution >= 0.6 is 0 Å². The standard InChI is InChI=1S/C14H24N2/c1-11-5-7-12(8-6-11)13(16-4)9-10-14(2,3)15/h5-8,13,16H,9-10,15H2,1-4H3. The molecule has 0 heterocycles. The van der Waals surface area contributed by atoms with Crippen LogP contribution in [-0.2, 0) is 0 Å². The van der Waals surface area contributed by atoms with Crippen molar-refractivity contribution < 1.29 is 0 Å². The summed E-state index contributed by atoms with van der Waals surface area (Å²) in [5.41, 5.74) is 8.58. The Kier molecular flexibility index (Phi) is 4.51. The number of nitrogens with one attached hydrogen (secondary N) is 1. The van der Waals surface area contributed by atoms with Gasteiger partial charge in [-0.15, -0.1) is 0 Å². The maximum absolute atomic E-state index is 6.01. The minimum Gasteiger partial charge on any atom is -0.326 e. The van der Waals surface area contributed by atoms with Gasteiger partial charge in [-0.25, -0.2) is 0 Å². The molecule has 1 unspecified atom stereocenters. The molecule has 2 heteroatoms. The van der Waals surface area contributed by atoms with Crippen molar-refractivity contribution >= 4 is 0 Å². The van der Waals surface area contributed by atoms with Crippen LogP contribution in [0.1, 0.15) is 43.9 Å². The maximum Gasteiger partial charge on any atom is 0.0318 e. The number of hydrogen-bond acceptors (Lipinski definition) is 2. The molecule has 1 aromatic carbocycles. The summed E-state index contributed by atoms with van der Waals surface area (Å²) in [4.78, 5) is 0. The number of hydrogen-bond donors (Lipinski definition) is 2. The lowest BCUT2D eigenvalue weighted by Gasteiger charge is -2.23. The molecule has 0 saturated carbocycles. The fourth-order valence-corrected chi connectivity index (χ4v) is 1.79. The first kappa shape index (κ1) is 13.2. The van der Waals surface area contributed by atoms with Gasteiger partial charge in [0.25, 0.3) is 0 Å². The molecule has 3 N–H and O–H groups in total. The van der Waals surface area contributed by atoms with Crippen LogP contribution in [0.4, 0.5) is 0 Å². The van der Waals surface area contributed by atoms with Gasteiger partial charge in [0.1, 0.15) is 0 Å². The summed E-state index contributed by atoms with van der Waals surface area (Å²) in [7, 11) is 2.01. The molecule has 90 valence electrons. The fraction of sp³-hybridized carbons (Fsp3) is 0.571. The van der Waals surface area contributed by atoms with Crippen LogP contribution in [0, 0.1) is 6.92 Å². The Hall–Kier alpha value is -0.860. The summed E-state index contributed by atoms with van der Waals surface area (Å²) in [5.74, 6) is 0. The van der Waals surface area contributed by atoms with Gasteiger partial charge >= 0.3 is 0 Å². The molecule has 1 atom stereocenters. The van der Waals surface area contributed by atoms with E-state index in [1.165, 1.54) is 11.1 Å². The third-order valence-electron chi connectivity index (χ3n) is 2.91. The first-order valence-electron chi connectivity index (χ1n) is 5.95. The first-order chi connectivity index (χ1) is 7.42. The lowest BCUT2D eigenvalue weighted by atomic mass is 9.93. The van der Waals surface area contributed by atoms with Crippen molar-refractivity contribution in [3.63, 3.8) is 0 Å². The van der Waals surface area contributed by atoms with Gasteiger partial charge < -0.3 is 11.1 Å². The molecule has 0 amide bonds. The Morgan fingerprint density at radius 2 is 1.81 bits per heavy atom. The average Bonchev–Trinajstić information content (AvgIpc) is 2.20. The SMILES string of the molecule is CNC(CCC(C)(C)N)c1ccc(C)cc1. The summed E-state index contributed by atoms with van der Waals surface area (Å²) in [5, 5.41) is 3.35. The molecular formula is C14H24N2. The predicted molar refractivity (Wildman–Crippen MR) is 70.5 cm³/mol. The third-order valence-corrected chi connectivity index (χ3v) is 2.91. The molecule has 1 aromatic rings. The van der Waals surface area contributed by atoms with Crippen LogP contribution in [0.3, 0.4) is 0 Å². The Labute approximate surface area is 99.2 Å². The normalized spacial score (nSPS) is 13.8. The second-order valence-corrected chi connectivity index (χ2v) is 5.28. The predicted octanol–water partition coefficient (Wildman–Crippen LogP) is 2.77. The van der Waals surface area contributed by atoms with Crippen LogP contribution in [0.5, 0.6) is 0 Å². The maximum atomic E-state index is 6.01. The quantitative estimate of drug-likeness (QED) is 0.800. The Bertz CT molecular complexity index is 309. The monoisotopic (exact) mass is 220 g/mol. The molecule has 0 aromatic heterocycles. The van der Waals surface area contributed by atoms with E-state index in [-0.39, 0.29) is 5.54 Å². The molecule has 0 aliphatic carbocycles. The summed E-state index contributed by atoms with van der Waals surface area (Å²) >= 11 is 0. The van der Waals surface area contributed by atoms with Crippen LogP contribution in [0.25, 0.3) is 0 Å². The second kappa shape index (κ2) is 5.46. The van der Waals surface area contributed by atoms with Gasteiger partial charge in [-0.3, -0.25) is 0 Å². The first-order valence-corrected chi connectivity index (χ1v) is 5.95. The molecule has 16 heavy (non-hydrogen) atoms. The van der Waals surface area contributed by atoms with Gasteiger partial charge in [-0.05, 0) is 46.2 Å². The van der Waals surface area contributed by atoms with E-state index in [1.54, 1.807) is 0 Å². The highest BCUT2D eigenvalue weighted by molar-refractivity contribution is 5.24. The van der Waals surface area contributed by atoms with Crippen LogP contribution in [0.15, 0.2) is 24.3 Å². The lowest BCUT2D eigenvalue weighted by Crippen LogP contribution is -2.33. The van der Waals surface area contributed by atoms with Crippen molar-refractivity contribution in [2.24, 2.45) is 5.73 Å². The second-order valence-electron chi connectivity index (χ2n) is 5.28. The van der Waals surface area contributed by atoms with E-state index in [0.717, 1.165) is 12.8 Å². The van der Waals surface area contributed by atoms with Crippen molar-refractivity contribution in [3.8, 4) is 0 Å². The summed E-state index contributed by atoms with van der Waals surface area (Å²) in [6, 6.07) is 9.11. The van der Waals surface area contributed by atoms with Gasteiger partial charge in [0.05, 0.1) is 0 Å². The zero-order valence-electron chi connectivity index (χ0n) is 10.9. The minimum absolute atomic E-state index is 0.0835. The molecule has 0 aliphatic rings. The van der Waals surface area contributed by atoms with E-state index in [4.69, 9.17) is 5.73 Å². The molecular weight excluding hydrogens is 196 g/mol. The summed E-state index contributed by atoms with van der Waals surface area (Å²) in [6.07, 6.45) is 2.09. The molecule has 0 spiro atoms. The van der Waals surface area contributed by atoms with Gasteiger partial charge in [0.15, 0.2) is 0 Å². The number of aryl methyl sites for hydroxylation is 1. The Balaban J connectivity index is 2.64. The largest absolute Gasteiger partial charge is 0.326 e. The van der Waals surface area contributed by atoms with E-state index in [0.29, 0.717) is 6.04 Å². The smallest absolute Gasteiger partial charge is 0.0318 e. The Morgan fingerprint density at radius 1 is 1.25 bits per heavy atom. The van der Waals surface area contributed by atoms with E-state index >= 15 is 0 Å². The van der Waals surface area contributed by atoms with E-state index in [1.807, 2.05) is 7.05 Å². The van der Waals surface area contributed by atoms with Gasteiger partial charge in [-0.1, -0.05) is 29.8 Å². The van der Waals surface area contributed by atoms with E-state index in [9.17, 15) is 0 Å². The molecule has 0 bridgehead atoms. The van der Waals surface area contributed by atoms with Gasteiger partial charge in [0, 0.05) is 11.6 Å². The van der Waals surface area contributed by atoms with Crippen LogP contribution in [-0.4, -0.2) is 12.6 Å². The van der Waals surface area contributed by atoms with Crippen molar-refractivity contribution in [2.75, 3.05) is 7.05 Å². The highest BCUT2D eigenvalue weighted by Gasteiger charge is 2.15. The third kappa shape index (κ3) is 4.33. The van der Waals surface area contributed by atoms with Crippen molar-refractivity contribution in [2.45, 2.75) is 45.2 Å². The van der Waals surface area contributed by atoms with Gasteiger partial charge in [-0.2, -0.15) is 0 Å². The van der Waals surface area contributed by atoms with Gasteiger partial charge in [0.2, 0.25) is 0 Å².